The number of nitrogens with zero attached hydrogens (tertiary/aromatic N) is 2. The molecule has 0 aliphatic heterocycles. The molecular weight excluding hydrogens is 530 g/mol. The molecule has 0 spiro atoms. The number of hydrogen-bond donors (Lipinski definition) is 0. The lowest BCUT2D eigenvalue weighted by atomic mass is 10.2. The van der Waals surface area contributed by atoms with Gasteiger partial charge in [-0.3, -0.25) is 9.97 Å². The average molecular weight is 557 g/mol. The average Bonchev–Trinajstić information content (AvgIpc) is 3.06. The second-order valence-corrected chi connectivity index (χ2v) is 14.9. The number of benzene rings is 4. The minimum atomic E-state index is -3.11. The van der Waals surface area contributed by atoms with Crippen molar-refractivity contribution >= 4 is 46.1 Å². The molecule has 0 amide bonds. The summed E-state index contributed by atoms with van der Waals surface area (Å²) in [4.78, 5) is 9.34. The molecular formula is C34H26N2O2P2. The van der Waals surface area contributed by atoms with E-state index in [0.29, 0.717) is 22.0 Å². The van der Waals surface area contributed by atoms with Crippen LogP contribution in [0.4, 0.5) is 0 Å². The van der Waals surface area contributed by atoms with E-state index in [2.05, 4.69) is 9.97 Å². The van der Waals surface area contributed by atoms with Crippen LogP contribution in [0, 0.1) is 0 Å². The van der Waals surface area contributed by atoms with Crippen LogP contribution in [0.2, 0.25) is 0 Å². The summed E-state index contributed by atoms with van der Waals surface area (Å²) in [5.74, 6) is 0. The lowest BCUT2D eigenvalue weighted by Gasteiger charge is -2.20. The molecule has 6 aromatic rings. The maximum Gasteiger partial charge on any atom is 0.172 e. The highest BCUT2D eigenvalue weighted by atomic mass is 31.2. The molecule has 0 saturated carbocycles. The molecule has 194 valence electrons. The van der Waals surface area contributed by atoms with Gasteiger partial charge >= 0.3 is 0 Å². The summed E-state index contributed by atoms with van der Waals surface area (Å²) in [5.41, 5.74) is 1.30. The molecule has 6 rings (SSSR count). The van der Waals surface area contributed by atoms with Gasteiger partial charge in [-0.25, -0.2) is 0 Å². The van der Waals surface area contributed by atoms with Crippen molar-refractivity contribution < 1.29 is 9.13 Å². The van der Waals surface area contributed by atoms with Crippen molar-refractivity contribution in [2.24, 2.45) is 0 Å². The van der Waals surface area contributed by atoms with Crippen LogP contribution in [0.5, 0.6) is 0 Å². The predicted molar refractivity (Wildman–Crippen MR) is 166 cm³/mol. The first-order chi connectivity index (χ1) is 19.6. The molecule has 40 heavy (non-hydrogen) atoms. The second kappa shape index (κ2) is 11.0. The van der Waals surface area contributed by atoms with E-state index in [1.807, 2.05) is 146 Å². The maximum absolute atomic E-state index is 14.6. The summed E-state index contributed by atoms with van der Waals surface area (Å²) < 4.78 is 29.2. The lowest BCUT2D eigenvalue weighted by Crippen LogP contribution is -2.25. The third kappa shape index (κ3) is 4.67. The van der Waals surface area contributed by atoms with Crippen molar-refractivity contribution in [1.29, 1.82) is 0 Å². The topological polar surface area (TPSA) is 59.9 Å². The van der Waals surface area contributed by atoms with Gasteiger partial charge in [0.05, 0.1) is 11.4 Å². The van der Waals surface area contributed by atoms with Crippen molar-refractivity contribution in [3.63, 3.8) is 0 Å². The molecule has 0 unspecified atom stereocenters. The first-order valence-electron chi connectivity index (χ1n) is 13.0. The normalized spacial score (nSPS) is 11.7. The number of aromatic nitrogens is 2. The smallest absolute Gasteiger partial charge is 0.172 e. The standard InChI is InChI=1S/C34H26N2O2P2/c37-39(27-13-5-1-6-14-27,28-15-7-2-8-16-28)31-21-23-33(35-25-31)34-24-22-32(26-36-34)40(38,29-17-9-3-10-18-29)30-19-11-4-12-20-30/h1-26H. The summed E-state index contributed by atoms with van der Waals surface area (Å²) in [6, 6.07) is 45.6. The van der Waals surface area contributed by atoms with E-state index in [0.717, 1.165) is 21.2 Å². The van der Waals surface area contributed by atoms with Crippen LogP contribution >= 0.6 is 14.3 Å². The molecule has 6 heteroatoms. The molecule has 0 bridgehead atoms. The van der Waals surface area contributed by atoms with Crippen LogP contribution in [0.1, 0.15) is 0 Å². The van der Waals surface area contributed by atoms with E-state index in [9.17, 15) is 9.13 Å². The maximum atomic E-state index is 14.6. The zero-order chi connectivity index (χ0) is 27.4. The third-order valence-electron chi connectivity index (χ3n) is 6.96. The quantitative estimate of drug-likeness (QED) is 0.247. The van der Waals surface area contributed by atoms with Gasteiger partial charge in [-0.15, -0.1) is 0 Å². The van der Waals surface area contributed by atoms with E-state index in [1.165, 1.54) is 0 Å². The van der Waals surface area contributed by atoms with E-state index in [-0.39, 0.29) is 0 Å². The minimum absolute atomic E-state index is 0.650. The predicted octanol–water partition coefficient (Wildman–Crippen LogP) is 5.42. The van der Waals surface area contributed by atoms with Crippen LogP contribution < -0.4 is 31.8 Å². The highest BCUT2D eigenvalue weighted by molar-refractivity contribution is 7.85. The summed E-state index contributed by atoms with van der Waals surface area (Å²) in [7, 11) is -6.21. The molecule has 0 fully saturated rings. The van der Waals surface area contributed by atoms with Crippen LogP contribution in [-0.4, -0.2) is 9.97 Å². The fourth-order valence-electron chi connectivity index (χ4n) is 4.89. The summed E-state index contributed by atoms with van der Waals surface area (Å²) in [6.07, 6.45) is 3.37. The molecule has 2 aromatic heterocycles. The molecule has 0 aliphatic carbocycles. The second-order valence-electron chi connectivity index (χ2n) is 9.36. The molecule has 0 aliphatic rings. The molecule has 0 N–H and O–H groups in total. The third-order valence-corrected chi connectivity index (χ3v) is 13.0. The molecule has 4 nitrogen and oxygen atoms in total. The van der Waals surface area contributed by atoms with Gasteiger partial charge in [0.1, 0.15) is 0 Å². The highest BCUT2D eigenvalue weighted by Crippen LogP contribution is 2.43. The van der Waals surface area contributed by atoms with Gasteiger partial charge in [-0.1, -0.05) is 121 Å². The lowest BCUT2D eigenvalue weighted by molar-refractivity contribution is 0.591. The van der Waals surface area contributed by atoms with Gasteiger partial charge in [-0.2, -0.15) is 0 Å². The van der Waals surface area contributed by atoms with E-state index >= 15 is 0 Å². The zero-order valence-electron chi connectivity index (χ0n) is 21.6. The fourth-order valence-corrected chi connectivity index (χ4v) is 10.1. The molecule has 0 atom stereocenters. The Kier molecular flexibility index (Phi) is 7.13. The Labute approximate surface area is 234 Å². The first-order valence-corrected chi connectivity index (χ1v) is 16.4. The van der Waals surface area contributed by atoms with Gasteiger partial charge in [-0.05, 0) is 24.3 Å². The van der Waals surface area contributed by atoms with Crippen molar-refractivity contribution in [3.05, 3.63) is 158 Å². The van der Waals surface area contributed by atoms with Crippen LogP contribution in [0.3, 0.4) is 0 Å². The van der Waals surface area contributed by atoms with Gasteiger partial charge in [0, 0.05) is 44.2 Å². The van der Waals surface area contributed by atoms with E-state index in [1.54, 1.807) is 12.4 Å². The minimum Gasteiger partial charge on any atom is -0.309 e. The monoisotopic (exact) mass is 556 g/mol. The summed E-state index contributed by atoms with van der Waals surface area (Å²) >= 11 is 0. The number of pyridine rings is 2. The van der Waals surface area contributed by atoms with Gasteiger partial charge < -0.3 is 9.13 Å². The van der Waals surface area contributed by atoms with Crippen LogP contribution in [0.15, 0.2) is 158 Å². The van der Waals surface area contributed by atoms with Crippen LogP contribution in [0.25, 0.3) is 11.4 Å². The number of rotatable bonds is 7. The van der Waals surface area contributed by atoms with Gasteiger partial charge in [0.2, 0.25) is 0 Å². The van der Waals surface area contributed by atoms with Crippen molar-refractivity contribution in [3.8, 4) is 11.4 Å². The Hall–Kier alpha value is -4.36. The summed E-state index contributed by atoms with van der Waals surface area (Å²) in [6.45, 7) is 0. The van der Waals surface area contributed by atoms with Crippen molar-refractivity contribution in [2.75, 3.05) is 0 Å². The Morgan fingerprint density at radius 1 is 0.325 bits per heavy atom. The van der Waals surface area contributed by atoms with Crippen molar-refractivity contribution in [2.45, 2.75) is 0 Å². The van der Waals surface area contributed by atoms with E-state index in [4.69, 9.17) is 0 Å². The van der Waals surface area contributed by atoms with Gasteiger partial charge in [0.25, 0.3) is 0 Å². The number of hydrogen-bond acceptors (Lipinski definition) is 4. The SMILES string of the molecule is O=P(c1ccccc1)(c1ccccc1)c1ccc(-c2ccc(P(=O)(c3ccccc3)c3ccccc3)cn2)nc1. The molecule has 2 heterocycles. The van der Waals surface area contributed by atoms with E-state index < -0.39 is 14.3 Å². The summed E-state index contributed by atoms with van der Waals surface area (Å²) in [5, 5.41) is 4.35. The Morgan fingerprint density at radius 3 is 0.825 bits per heavy atom. The Balaban J connectivity index is 1.37. The fraction of sp³-hybridized carbons (Fsp3) is 0. The van der Waals surface area contributed by atoms with Crippen LogP contribution in [-0.2, 0) is 9.13 Å². The Bertz CT molecular complexity index is 1590. The zero-order valence-corrected chi connectivity index (χ0v) is 23.4. The molecule has 0 radical (unpaired) electrons. The van der Waals surface area contributed by atoms with Gasteiger partial charge in [0.15, 0.2) is 14.3 Å². The Morgan fingerprint density at radius 2 is 0.600 bits per heavy atom. The first kappa shape index (κ1) is 25.9. The van der Waals surface area contributed by atoms with Crippen molar-refractivity contribution in [1.82, 2.24) is 9.97 Å². The molecule has 0 saturated heterocycles. The highest BCUT2D eigenvalue weighted by Gasteiger charge is 2.31. The molecule has 4 aromatic carbocycles. The largest absolute Gasteiger partial charge is 0.309 e.